The number of aliphatic hydroxyl groups is 1. The van der Waals surface area contributed by atoms with Crippen molar-refractivity contribution in [2.24, 2.45) is 5.92 Å². The smallest absolute Gasteiger partial charge is 0.462 e. The molecule has 19 heteroatoms. The molecule has 0 fully saturated rings. The van der Waals surface area contributed by atoms with E-state index in [1.54, 1.807) is 0 Å². The van der Waals surface area contributed by atoms with E-state index in [2.05, 4.69) is 34.6 Å². The lowest BCUT2D eigenvalue weighted by molar-refractivity contribution is -0.161. The van der Waals surface area contributed by atoms with Gasteiger partial charge in [-0.25, -0.2) is 9.13 Å². The lowest BCUT2D eigenvalue weighted by Gasteiger charge is -2.21. The number of hydrogen-bond donors (Lipinski definition) is 3. The lowest BCUT2D eigenvalue weighted by Crippen LogP contribution is -2.30. The van der Waals surface area contributed by atoms with Crippen molar-refractivity contribution in [3.05, 3.63) is 0 Å². The number of hydrogen-bond acceptors (Lipinski definition) is 15. The molecule has 2 unspecified atom stereocenters. The summed E-state index contributed by atoms with van der Waals surface area (Å²) in [4.78, 5) is 72.8. The quantitative estimate of drug-likeness (QED) is 0.0222. The first-order chi connectivity index (χ1) is 50.0. The van der Waals surface area contributed by atoms with Gasteiger partial charge >= 0.3 is 39.5 Å². The Labute approximate surface area is 632 Å². The number of aliphatic hydroxyl groups excluding tert-OH is 1. The molecule has 0 bridgehead atoms. The Kier molecular flexibility index (Phi) is 75.4. The van der Waals surface area contributed by atoms with Crippen molar-refractivity contribution in [2.75, 3.05) is 39.6 Å². The summed E-state index contributed by atoms with van der Waals surface area (Å²) in [5.74, 6) is -1.35. The highest BCUT2D eigenvalue weighted by molar-refractivity contribution is 7.47. The Morgan fingerprint density at radius 1 is 0.262 bits per heavy atom. The molecule has 0 spiro atoms. The van der Waals surface area contributed by atoms with Crippen LogP contribution in [-0.2, 0) is 65.4 Å². The van der Waals surface area contributed by atoms with Crippen LogP contribution in [0.1, 0.15) is 452 Å². The Hall–Kier alpha value is -1.94. The minimum absolute atomic E-state index is 0.106. The highest BCUT2D eigenvalue weighted by atomic mass is 31.2. The maximum absolute atomic E-state index is 13.1. The third-order valence-corrected chi connectivity index (χ3v) is 21.7. The van der Waals surface area contributed by atoms with Crippen molar-refractivity contribution in [3.8, 4) is 0 Å². The number of ether oxygens (including phenoxy) is 4. The molecule has 0 radical (unpaired) electrons. The largest absolute Gasteiger partial charge is 0.472 e. The maximum atomic E-state index is 13.1. The fraction of sp³-hybridized carbons (Fsp3) is 0.952. The van der Waals surface area contributed by atoms with Gasteiger partial charge in [-0.2, -0.15) is 0 Å². The maximum Gasteiger partial charge on any atom is 0.472 e. The molecule has 103 heavy (non-hydrogen) atoms. The molecule has 0 aliphatic rings. The van der Waals surface area contributed by atoms with E-state index in [-0.39, 0.29) is 25.7 Å². The lowest BCUT2D eigenvalue weighted by atomic mass is 10.0. The summed E-state index contributed by atoms with van der Waals surface area (Å²) in [5.41, 5.74) is 0. The Balaban J connectivity index is 5.09. The standard InChI is InChI=1S/C84H164O17P2/c1-6-9-12-15-17-19-21-23-25-27-29-31-33-35-37-39-41-45-49-53-58-63-68-82(87)95-74-80(101-84(89)69-64-59-54-50-46-42-40-38-36-34-32-30-28-26-24-22-20-18-16-13-10-7-2)76-99-103(92,93)97-72-78(85)71-96-102(90,91)98-75-79(73-94-81(86)67-62-56-14-11-8-3)100-83(88)70-65-60-55-51-47-43-44-48-52-57-61-66-77(4)5/h77-80,85H,6-76H2,1-5H3,(H,90,91)(H,92,93)/t78-,79+,80+/m0/s1. The molecule has 0 aromatic rings. The molecular weight excluding hydrogens is 1340 g/mol. The van der Waals surface area contributed by atoms with Gasteiger partial charge in [-0.15, -0.1) is 0 Å². The highest BCUT2D eigenvalue weighted by Crippen LogP contribution is 2.45. The second-order valence-electron chi connectivity index (χ2n) is 30.7. The first-order valence-electron chi connectivity index (χ1n) is 43.6. The number of esters is 4. The summed E-state index contributed by atoms with van der Waals surface area (Å²) < 4.78 is 68.5. The van der Waals surface area contributed by atoms with Crippen LogP contribution in [0.15, 0.2) is 0 Å². The Morgan fingerprint density at radius 2 is 0.447 bits per heavy atom. The average molecular weight is 1510 g/mol. The van der Waals surface area contributed by atoms with Crippen LogP contribution in [0, 0.1) is 5.92 Å². The van der Waals surface area contributed by atoms with Crippen LogP contribution >= 0.6 is 15.6 Å². The number of phosphoric ester groups is 2. The Bertz CT molecular complexity index is 1960. The van der Waals surface area contributed by atoms with Crippen LogP contribution in [0.25, 0.3) is 0 Å². The predicted octanol–water partition coefficient (Wildman–Crippen LogP) is 25.6. The number of unbranched alkanes of at least 4 members (excludes halogenated alkanes) is 56. The van der Waals surface area contributed by atoms with E-state index in [4.69, 9.17) is 37.0 Å². The molecule has 0 saturated heterocycles. The van der Waals surface area contributed by atoms with E-state index in [1.165, 1.54) is 270 Å². The summed E-state index contributed by atoms with van der Waals surface area (Å²) in [5, 5.41) is 10.6. The summed E-state index contributed by atoms with van der Waals surface area (Å²) in [7, 11) is -9.91. The predicted molar refractivity (Wildman–Crippen MR) is 423 cm³/mol. The van der Waals surface area contributed by atoms with Gasteiger partial charge < -0.3 is 33.8 Å². The number of carbonyl (C=O) groups is 4. The van der Waals surface area contributed by atoms with E-state index in [0.29, 0.717) is 25.7 Å². The Morgan fingerprint density at radius 3 is 0.660 bits per heavy atom. The second-order valence-corrected chi connectivity index (χ2v) is 33.6. The normalized spacial score (nSPS) is 13.8. The van der Waals surface area contributed by atoms with Crippen LogP contribution in [0.3, 0.4) is 0 Å². The van der Waals surface area contributed by atoms with E-state index in [0.717, 1.165) is 102 Å². The molecule has 0 amide bonds. The molecule has 0 aromatic heterocycles. The van der Waals surface area contributed by atoms with Gasteiger partial charge in [-0.3, -0.25) is 37.3 Å². The van der Waals surface area contributed by atoms with Gasteiger partial charge in [0.15, 0.2) is 12.2 Å². The third kappa shape index (κ3) is 78.0. The van der Waals surface area contributed by atoms with Crippen LogP contribution in [0.5, 0.6) is 0 Å². The van der Waals surface area contributed by atoms with Crippen molar-refractivity contribution in [1.29, 1.82) is 0 Å². The molecule has 0 rings (SSSR count). The molecular formula is C84H164O17P2. The first-order valence-corrected chi connectivity index (χ1v) is 46.6. The summed E-state index contributed by atoms with van der Waals surface area (Å²) in [6.07, 6.45) is 70.2. The molecule has 0 aliphatic carbocycles. The molecule has 5 atom stereocenters. The van der Waals surface area contributed by atoms with Crippen molar-refractivity contribution < 1.29 is 80.2 Å². The van der Waals surface area contributed by atoms with E-state index < -0.39 is 97.5 Å². The first kappa shape index (κ1) is 101. The van der Waals surface area contributed by atoms with Crippen molar-refractivity contribution in [3.63, 3.8) is 0 Å². The molecule has 17 nitrogen and oxygen atoms in total. The second kappa shape index (κ2) is 76.8. The molecule has 0 saturated carbocycles. The zero-order chi connectivity index (χ0) is 75.5. The van der Waals surface area contributed by atoms with E-state index in [9.17, 15) is 43.2 Å². The molecule has 0 heterocycles. The number of carbonyl (C=O) groups excluding carboxylic acids is 4. The van der Waals surface area contributed by atoms with E-state index >= 15 is 0 Å². The number of rotatable bonds is 84. The zero-order valence-electron chi connectivity index (χ0n) is 67.5. The molecule has 0 aliphatic heterocycles. The van der Waals surface area contributed by atoms with Crippen LogP contribution < -0.4 is 0 Å². The van der Waals surface area contributed by atoms with Gasteiger partial charge in [0.05, 0.1) is 26.4 Å². The summed E-state index contributed by atoms with van der Waals surface area (Å²) in [6, 6.07) is 0. The third-order valence-electron chi connectivity index (χ3n) is 19.8. The van der Waals surface area contributed by atoms with Gasteiger partial charge in [0.25, 0.3) is 0 Å². The zero-order valence-corrected chi connectivity index (χ0v) is 69.3. The fourth-order valence-corrected chi connectivity index (χ4v) is 14.7. The molecule has 612 valence electrons. The summed E-state index contributed by atoms with van der Waals surface area (Å²) >= 11 is 0. The number of phosphoric acid groups is 2. The van der Waals surface area contributed by atoms with Crippen molar-refractivity contribution in [2.45, 2.75) is 470 Å². The van der Waals surface area contributed by atoms with Gasteiger partial charge in [-0.1, -0.05) is 401 Å². The molecule has 0 aromatic carbocycles. The molecule has 3 N–H and O–H groups in total. The van der Waals surface area contributed by atoms with Crippen LogP contribution in [0.4, 0.5) is 0 Å². The fourth-order valence-electron chi connectivity index (χ4n) is 13.1. The van der Waals surface area contributed by atoms with Gasteiger partial charge in [0.1, 0.15) is 19.3 Å². The minimum Gasteiger partial charge on any atom is -0.462 e. The minimum atomic E-state index is -4.96. The summed E-state index contributed by atoms with van der Waals surface area (Å²) in [6.45, 7) is 7.24. The van der Waals surface area contributed by atoms with Gasteiger partial charge in [0, 0.05) is 25.7 Å². The van der Waals surface area contributed by atoms with Crippen LogP contribution in [0.2, 0.25) is 0 Å². The van der Waals surface area contributed by atoms with Gasteiger partial charge in [0.2, 0.25) is 0 Å². The van der Waals surface area contributed by atoms with E-state index in [1.807, 2.05) is 0 Å². The topological polar surface area (TPSA) is 237 Å². The SMILES string of the molecule is CCCCCCCCCCCCCCCCCCCCCCCCC(=O)OC[C@H](COP(=O)(O)OC[C@@H](O)COP(=O)(O)OC[C@@H](COC(=O)CCCCCCC)OC(=O)CCCCCCCCCCCCCC(C)C)OC(=O)CCCCCCCCCCCCCCCCCCCCCCCC. The van der Waals surface area contributed by atoms with Crippen LogP contribution in [-0.4, -0.2) is 96.7 Å². The van der Waals surface area contributed by atoms with Crippen molar-refractivity contribution in [1.82, 2.24) is 0 Å². The van der Waals surface area contributed by atoms with Gasteiger partial charge in [-0.05, 0) is 31.6 Å². The highest BCUT2D eigenvalue weighted by Gasteiger charge is 2.30. The monoisotopic (exact) mass is 1510 g/mol. The average Bonchev–Trinajstić information content (AvgIpc) is 0.918. The van der Waals surface area contributed by atoms with Crippen molar-refractivity contribution >= 4 is 39.5 Å².